The van der Waals surface area contributed by atoms with E-state index in [2.05, 4.69) is 26.6 Å². The van der Waals surface area contributed by atoms with Crippen molar-refractivity contribution >= 4 is 33.4 Å². The van der Waals surface area contributed by atoms with Gasteiger partial charge in [-0.05, 0) is 70.4 Å². The second-order valence-corrected chi connectivity index (χ2v) is 7.13. The fourth-order valence-corrected chi connectivity index (χ4v) is 3.17. The zero-order chi connectivity index (χ0) is 20.8. The number of carbonyl (C=O) groups is 2. The van der Waals surface area contributed by atoms with E-state index in [1.165, 1.54) is 0 Å². The molecular formula is C22H21BrN2O4. The number of halogens is 1. The van der Waals surface area contributed by atoms with Crippen molar-refractivity contribution in [3.05, 3.63) is 82.2 Å². The molecule has 0 aliphatic rings. The Labute approximate surface area is 177 Å². The maximum absolute atomic E-state index is 12.7. The molecule has 1 heterocycles. The van der Waals surface area contributed by atoms with Crippen molar-refractivity contribution in [2.45, 2.75) is 19.4 Å². The number of ether oxygens (including phenoxy) is 1. The molecule has 1 unspecified atom stereocenters. The average molecular weight is 457 g/mol. The number of benzene rings is 2. The van der Waals surface area contributed by atoms with Crippen LogP contribution in [0.5, 0.6) is 5.75 Å². The number of carbonyl (C=O) groups excluding carboxylic acids is 2. The van der Waals surface area contributed by atoms with E-state index in [0.29, 0.717) is 15.9 Å². The van der Waals surface area contributed by atoms with E-state index in [0.717, 1.165) is 17.7 Å². The van der Waals surface area contributed by atoms with Crippen LogP contribution in [-0.4, -0.2) is 18.9 Å². The topological polar surface area (TPSA) is 80.6 Å². The van der Waals surface area contributed by atoms with Gasteiger partial charge in [-0.15, -0.1) is 0 Å². The van der Waals surface area contributed by atoms with Crippen LogP contribution < -0.4 is 15.4 Å². The Bertz CT molecular complexity index is 998. The van der Waals surface area contributed by atoms with Crippen molar-refractivity contribution in [2.75, 3.05) is 12.4 Å². The van der Waals surface area contributed by atoms with Crippen molar-refractivity contribution in [1.82, 2.24) is 5.32 Å². The van der Waals surface area contributed by atoms with Gasteiger partial charge in [-0.2, -0.15) is 0 Å². The number of furan rings is 1. The van der Waals surface area contributed by atoms with Crippen LogP contribution in [0.4, 0.5) is 5.69 Å². The van der Waals surface area contributed by atoms with Gasteiger partial charge >= 0.3 is 0 Å². The standard InChI is InChI=1S/C22H21BrN2O4/c1-3-18(14-7-9-17(28-2)10-8-14)25-21(26)15-5-4-6-16(13-15)24-22(27)19-11-12-20(23)29-19/h4-13,18H,3H2,1-2H3,(H,24,27)(H,25,26). The molecule has 1 aromatic heterocycles. The zero-order valence-electron chi connectivity index (χ0n) is 16.1. The average Bonchev–Trinajstić information content (AvgIpc) is 3.18. The highest BCUT2D eigenvalue weighted by Gasteiger charge is 2.16. The number of hydrogen-bond donors (Lipinski definition) is 2. The van der Waals surface area contributed by atoms with E-state index in [4.69, 9.17) is 9.15 Å². The molecule has 0 fully saturated rings. The Morgan fingerprint density at radius 3 is 2.45 bits per heavy atom. The van der Waals surface area contributed by atoms with E-state index in [1.807, 2.05) is 31.2 Å². The quantitative estimate of drug-likeness (QED) is 0.512. The summed E-state index contributed by atoms with van der Waals surface area (Å²) in [4.78, 5) is 25.0. The largest absolute Gasteiger partial charge is 0.497 e. The lowest BCUT2D eigenvalue weighted by Gasteiger charge is -2.18. The third-order valence-electron chi connectivity index (χ3n) is 4.41. The molecule has 0 aliphatic heterocycles. The third-order valence-corrected chi connectivity index (χ3v) is 4.84. The summed E-state index contributed by atoms with van der Waals surface area (Å²) in [5.41, 5.74) is 1.96. The SMILES string of the molecule is CCC(NC(=O)c1cccc(NC(=O)c2ccc(Br)o2)c1)c1ccc(OC)cc1. The molecule has 0 radical (unpaired) electrons. The summed E-state index contributed by atoms with van der Waals surface area (Å²) in [5.74, 6) is 0.335. The number of methoxy groups -OCH3 is 1. The molecule has 150 valence electrons. The Morgan fingerprint density at radius 2 is 1.83 bits per heavy atom. The first-order valence-electron chi connectivity index (χ1n) is 9.11. The van der Waals surface area contributed by atoms with Gasteiger partial charge in [-0.1, -0.05) is 25.1 Å². The van der Waals surface area contributed by atoms with E-state index in [-0.39, 0.29) is 17.7 Å². The summed E-state index contributed by atoms with van der Waals surface area (Å²) >= 11 is 3.17. The first-order valence-corrected chi connectivity index (χ1v) is 9.91. The van der Waals surface area contributed by atoms with Crippen molar-refractivity contribution in [3.8, 4) is 5.75 Å². The van der Waals surface area contributed by atoms with Crippen LogP contribution in [0, 0.1) is 0 Å². The Hall–Kier alpha value is -3.06. The predicted octanol–water partition coefficient (Wildman–Crippen LogP) is 5.18. The van der Waals surface area contributed by atoms with Crippen LogP contribution in [0.15, 0.2) is 69.8 Å². The highest BCUT2D eigenvalue weighted by atomic mass is 79.9. The summed E-state index contributed by atoms with van der Waals surface area (Å²) < 4.78 is 10.9. The van der Waals surface area contributed by atoms with E-state index in [9.17, 15) is 9.59 Å². The molecule has 0 saturated carbocycles. The summed E-state index contributed by atoms with van der Waals surface area (Å²) in [6.45, 7) is 2.01. The fourth-order valence-electron chi connectivity index (χ4n) is 2.87. The molecule has 2 aromatic carbocycles. The molecule has 7 heteroatoms. The van der Waals surface area contributed by atoms with Crippen LogP contribution in [-0.2, 0) is 0 Å². The lowest BCUT2D eigenvalue weighted by molar-refractivity contribution is 0.0934. The monoisotopic (exact) mass is 456 g/mol. The van der Waals surface area contributed by atoms with Gasteiger partial charge in [-0.25, -0.2) is 0 Å². The van der Waals surface area contributed by atoms with Gasteiger partial charge in [0, 0.05) is 11.3 Å². The van der Waals surface area contributed by atoms with Crippen LogP contribution >= 0.6 is 15.9 Å². The lowest BCUT2D eigenvalue weighted by Crippen LogP contribution is -2.28. The summed E-state index contributed by atoms with van der Waals surface area (Å²) in [7, 11) is 1.62. The summed E-state index contributed by atoms with van der Waals surface area (Å²) in [6, 6.07) is 17.5. The fraction of sp³-hybridized carbons (Fsp3) is 0.182. The van der Waals surface area contributed by atoms with Gasteiger partial charge in [0.05, 0.1) is 13.2 Å². The van der Waals surface area contributed by atoms with Crippen LogP contribution in [0.25, 0.3) is 0 Å². The molecule has 2 amide bonds. The Balaban J connectivity index is 1.69. The number of hydrogen-bond acceptors (Lipinski definition) is 4. The molecule has 29 heavy (non-hydrogen) atoms. The normalized spacial score (nSPS) is 11.6. The first kappa shape index (κ1) is 20.7. The van der Waals surface area contributed by atoms with Crippen molar-refractivity contribution in [3.63, 3.8) is 0 Å². The molecule has 2 N–H and O–H groups in total. The van der Waals surface area contributed by atoms with Crippen LogP contribution in [0.3, 0.4) is 0 Å². The number of rotatable bonds is 7. The van der Waals surface area contributed by atoms with Crippen LogP contribution in [0.1, 0.15) is 45.9 Å². The van der Waals surface area contributed by atoms with Crippen molar-refractivity contribution in [2.24, 2.45) is 0 Å². The van der Waals surface area contributed by atoms with Crippen molar-refractivity contribution in [1.29, 1.82) is 0 Å². The Kier molecular flexibility index (Phi) is 6.72. The highest BCUT2D eigenvalue weighted by Crippen LogP contribution is 2.21. The van der Waals surface area contributed by atoms with E-state index < -0.39 is 5.91 Å². The minimum atomic E-state index is -0.391. The molecular weight excluding hydrogens is 436 g/mol. The number of amides is 2. The molecule has 6 nitrogen and oxygen atoms in total. The van der Waals surface area contributed by atoms with Gasteiger partial charge in [0.2, 0.25) is 0 Å². The third kappa shape index (κ3) is 5.26. The Morgan fingerprint density at radius 1 is 1.07 bits per heavy atom. The maximum atomic E-state index is 12.7. The number of nitrogens with one attached hydrogen (secondary N) is 2. The predicted molar refractivity (Wildman–Crippen MR) is 114 cm³/mol. The van der Waals surface area contributed by atoms with Gasteiger partial charge in [0.1, 0.15) is 5.75 Å². The molecule has 0 bridgehead atoms. The summed E-state index contributed by atoms with van der Waals surface area (Å²) in [5, 5.41) is 5.77. The van der Waals surface area contributed by atoms with Gasteiger partial charge in [0.15, 0.2) is 10.4 Å². The molecule has 0 saturated heterocycles. The minimum absolute atomic E-state index is 0.132. The lowest BCUT2D eigenvalue weighted by atomic mass is 10.0. The maximum Gasteiger partial charge on any atom is 0.291 e. The second-order valence-electron chi connectivity index (χ2n) is 6.35. The molecule has 0 aliphatic carbocycles. The smallest absolute Gasteiger partial charge is 0.291 e. The second kappa shape index (κ2) is 9.43. The number of anilines is 1. The van der Waals surface area contributed by atoms with Crippen LogP contribution in [0.2, 0.25) is 0 Å². The van der Waals surface area contributed by atoms with Crippen molar-refractivity contribution < 1.29 is 18.7 Å². The highest BCUT2D eigenvalue weighted by molar-refractivity contribution is 9.10. The summed E-state index contributed by atoms with van der Waals surface area (Å²) in [6.07, 6.45) is 0.738. The van der Waals surface area contributed by atoms with Gasteiger partial charge in [0.25, 0.3) is 11.8 Å². The van der Waals surface area contributed by atoms with E-state index in [1.54, 1.807) is 43.5 Å². The molecule has 0 spiro atoms. The first-order chi connectivity index (χ1) is 14.0. The zero-order valence-corrected chi connectivity index (χ0v) is 17.7. The van der Waals surface area contributed by atoms with Gasteiger partial charge < -0.3 is 19.8 Å². The molecule has 1 atom stereocenters. The molecule has 3 aromatic rings. The van der Waals surface area contributed by atoms with E-state index >= 15 is 0 Å². The minimum Gasteiger partial charge on any atom is -0.497 e. The molecule has 3 rings (SSSR count). The van der Waals surface area contributed by atoms with Gasteiger partial charge in [-0.3, -0.25) is 9.59 Å².